The lowest BCUT2D eigenvalue weighted by Crippen LogP contribution is -2.48. The minimum atomic E-state index is -0.591. The topological polar surface area (TPSA) is 116 Å². The molecule has 2 saturated heterocycles. The third kappa shape index (κ3) is 7.93. The van der Waals surface area contributed by atoms with Gasteiger partial charge in [0.05, 0.1) is 50.0 Å². The quantitative estimate of drug-likeness (QED) is 0.334. The Morgan fingerprint density at radius 2 is 1.97 bits per heavy atom. The normalized spacial score (nSPS) is 18.3. The summed E-state index contributed by atoms with van der Waals surface area (Å²) in [6.07, 6.45) is 5.83. The highest BCUT2D eigenvalue weighted by atomic mass is 19.1. The molecular formula is C28H37FN4O6. The second-order valence-electron chi connectivity index (χ2n) is 10.9. The maximum absolute atomic E-state index is 14.5. The van der Waals surface area contributed by atoms with Crippen LogP contribution in [0.1, 0.15) is 45.6 Å². The number of hydrogen-bond donors (Lipinski definition) is 1. The highest BCUT2D eigenvalue weighted by Crippen LogP contribution is 2.25. The molecule has 0 aliphatic carbocycles. The maximum atomic E-state index is 14.5. The number of hydrogen-bond acceptors (Lipinski definition) is 10. The van der Waals surface area contributed by atoms with Crippen molar-refractivity contribution in [3.63, 3.8) is 0 Å². The lowest BCUT2D eigenvalue weighted by molar-refractivity contribution is -0.178. The minimum absolute atomic E-state index is 0.168. The van der Waals surface area contributed by atoms with Crippen LogP contribution >= 0.6 is 0 Å². The number of aromatic nitrogens is 2. The van der Waals surface area contributed by atoms with Crippen molar-refractivity contribution < 1.29 is 33.3 Å². The molecule has 1 aromatic heterocycles. The number of rotatable bonds is 11. The van der Waals surface area contributed by atoms with Gasteiger partial charge in [0, 0.05) is 35.7 Å². The number of aliphatic hydroxyl groups excluding tert-OH is 1. The first-order valence-corrected chi connectivity index (χ1v) is 13.3. The molecule has 11 heteroatoms. The first kappa shape index (κ1) is 28.8. The number of halogens is 1. The Kier molecular flexibility index (Phi) is 9.82. The second kappa shape index (κ2) is 13.3. The van der Waals surface area contributed by atoms with Gasteiger partial charge in [-0.05, 0) is 40.0 Å². The molecule has 212 valence electrons. The van der Waals surface area contributed by atoms with E-state index in [2.05, 4.69) is 15.1 Å². The largest absolute Gasteiger partial charge is 0.465 e. The van der Waals surface area contributed by atoms with E-state index in [0.29, 0.717) is 43.4 Å². The molecule has 0 saturated carbocycles. The van der Waals surface area contributed by atoms with E-state index in [1.165, 1.54) is 6.07 Å². The molecule has 2 fully saturated rings. The van der Waals surface area contributed by atoms with Gasteiger partial charge >= 0.3 is 5.97 Å². The summed E-state index contributed by atoms with van der Waals surface area (Å²) >= 11 is 0. The van der Waals surface area contributed by atoms with Crippen molar-refractivity contribution in [1.82, 2.24) is 9.97 Å². The van der Waals surface area contributed by atoms with Gasteiger partial charge in [-0.1, -0.05) is 23.4 Å². The zero-order valence-electron chi connectivity index (χ0n) is 22.8. The predicted octanol–water partition coefficient (Wildman–Crippen LogP) is 3.72. The first-order chi connectivity index (χ1) is 18.7. The van der Waals surface area contributed by atoms with Crippen molar-refractivity contribution in [2.24, 2.45) is 16.5 Å². The van der Waals surface area contributed by atoms with Gasteiger partial charge in [0.15, 0.2) is 6.29 Å². The third-order valence-electron chi connectivity index (χ3n) is 6.45. The van der Waals surface area contributed by atoms with Crippen LogP contribution in [-0.2, 0) is 30.4 Å². The lowest BCUT2D eigenvalue weighted by atomic mass is 9.97. The monoisotopic (exact) mass is 544 g/mol. The fourth-order valence-corrected chi connectivity index (χ4v) is 4.02. The first-order valence-electron chi connectivity index (χ1n) is 13.3. The van der Waals surface area contributed by atoms with Gasteiger partial charge < -0.3 is 29.1 Å². The van der Waals surface area contributed by atoms with Crippen molar-refractivity contribution in [3.05, 3.63) is 42.0 Å². The summed E-state index contributed by atoms with van der Waals surface area (Å²) in [5.41, 5.74) is 1.33. The summed E-state index contributed by atoms with van der Waals surface area (Å²) in [7, 11) is 0. The number of oxime groups is 1. The van der Waals surface area contributed by atoms with E-state index in [-0.39, 0.29) is 43.6 Å². The number of esters is 1. The van der Waals surface area contributed by atoms with Crippen molar-refractivity contribution >= 4 is 17.6 Å². The zero-order chi connectivity index (χ0) is 27.8. The molecule has 1 aromatic carbocycles. The third-order valence-corrected chi connectivity index (χ3v) is 6.45. The summed E-state index contributed by atoms with van der Waals surface area (Å²) in [4.78, 5) is 28.5. The number of ether oxygens (including phenoxy) is 3. The standard InChI is InChI=1S/C28H37FN4O6/c1-28(2,3)26(35)38-17-19(16-37-24-9-4-5-10-36-24)18-39-32-22-13-33(14-22)27-30-11-21(12-31-27)23-8-6-7-20(15-34)25(23)29/h6-8,11-12,19,24,34H,4-5,9-10,13-18H2,1-3H3. The fourth-order valence-electron chi connectivity index (χ4n) is 4.02. The zero-order valence-corrected chi connectivity index (χ0v) is 22.8. The SMILES string of the molecule is CC(C)(C)C(=O)OCC(CON=C1CN(c2ncc(-c3cccc(CO)c3F)cn2)C1)COC1CCCCO1. The lowest BCUT2D eigenvalue weighted by Gasteiger charge is -2.32. The van der Waals surface area contributed by atoms with Crippen molar-refractivity contribution in [3.8, 4) is 11.1 Å². The van der Waals surface area contributed by atoms with Crippen LogP contribution < -0.4 is 4.90 Å². The summed E-state index contributed by atoms with van der Waals surface area (Å²) in [5.74, 6) is -0.445. The molecule has 3 heterocycles. The second-order valence-corrected chi connectivity index (χ2v) is 10.9. The summed E-state index contributed by atoms with van der Waals surface area (Å²) in [5, 5.41) is 13.5. The van der Waals surface area contributed by atoms with Crippen LogP contribution in [-0.4, -0.2) is 72.6 Å². The van der Waals surface area contributed by atoms with Gasteiger partial charge in [-0.2, -0.15) is 0 Å². The minimum Gasteiger partial charge on any atom is -0.465 e. The Hall–Kier alpha value is -3.15. The van der Waals surface area contributed by atoms with Gasteiger partial charge in [0.1, 0.15) is 12.4 Å². The Morgan fingerprint density at radius 3 is 2.64 bits per heavy atom. The molecule has 10 nitrogen and oxygen atoms in total. The van der Waals surface area contributed by atoms with Crippen LogP contribution in [0.5, 0.6) is 0 Å². The molecule has 39 heavy (non-hydrogen) atoms. The molecule has 2 aliphatic heterocycles. The number of carbonyl (C=O) groups excluding carboxylic acids is 1. The molecule has 0 radical (unpaired) electrons. The predicted molar refractivity (Wildman–Crippen MR) is 142 cm³/mol. The number of benzene rings is 1. The Morgan fingerprint density at radius 1 is 1.21 bits per heavy atom. The average Bonchev–Trinajstić information content (AvgIpc) is 2.91. The molecule has 2 aromatic rings. The summed E-state index contributed by atoms with van der Waals surface area (Å²) in [6.45, 7) is 7.49. The van der Waals surface area contributed by atoms with Crippen molar-refractivity contribution in [1.29, 1.82) is 0 Å². The number of carbonyl (C=O) groups is 1. The molecule has 4 rings (SSSR count). The molecule has 2 atom stereocenters. The maximum Gasteiger partial charge on any atom is 0.311 e. The van der Waals surface area contributed by atoms with E-state index in [1.807, 2.05) is 25.7 Å². The molecule has 0 bridgehead atoms. The van der Waals surface area contributed by atoms with Crippen LogP contribution in [0.25, 0.3) is 11.1 Å². The number of anilines is 1. The highest BCUT2D eigenvalue weighted by Gasteiger charge is 2.27. The smallest absolute Gasteiger partial charge is 0.311 e. The van der Waals surface area contributed by atoms with Crippen LogP contribution in [0.3, 0.4) is 0 Å². The van der Waals surface area contributed by atoms with Crippen LogP contribution in [0.4, 0.5) is 10.3 Å². The van der Waals surface area contributed by atoms with Crippen molar-refractivity contribution in [2.45, 2.75) is 52.9 Å². The molecule has 2 aliphatic rings. The van der Waals surface area contributed by atoms with Gasteiger partial charge in [-0.25, -0.2) is 14.4 Å². The number of aliphatic hydroxyl groups is 1. The Labute approximate surface area is 228 Å². The van der Waals surface area contributed by atoms with E-state index in [4.69, 9.17) is 19.0 Å². The van der Waals surface area contributed by atoms with E-state index in [0.717, 1.165) is 25.0 Å². The van der Waals surface area contributed by atoms with Gasteiger partial charge in [0.25, 0.3) is 0 Å². The molecule has 0 amide bonds. The summed E-state index contributed by atoms with van der Waals surface area (Å²) in [6, 6.07) is 4.85. The van der Waals surface area contributed by atoms with E-state index in [9.17, 15) is 14.3 Å². The highest BCUT2D eigenvalue weighted by molar-refractivity contribution is 5.98. The van der Waals surface area contributed by atoms with Gasteiger partial charge in [-0.15, -0.1) is 0 Å². The molecule has 2 unspecified atom stereocenters. The van der Waals surface area contributed by atoms with Gasteiger partial charge in [-0.3, -0.25) is 4.79 Å². The Balaban J connectivity index is 1.27. The number of nitrogens with zero attached hydrogens (tertiary/aromatic N) is 4. The van der Waals surface area contributed by atoms with E-state index >= 15 is 0 Å². The molecular weight excluding hydrogens is 507 g/mol. The fraction of sp³-hybridized carbons (Fsp3) is 0.571. The van der Waals surface area contributed by atoms with Crippen molar-refractivity contribution in [2.75, 3.05) is 44.4 Å². The summed E-state index contributed by atoms with van der Waals surface area (Å²) < 4.78 is 31.5. The Bertz CT molecular complexity index is 1120. The average molecular weight is 545 g/mol. The van der Waals surface area contributed by atoms with E-state index < -0.39 is 11.2 Å². The van der Waals surface area contributed by atoms with Gasteiger partial charge in [0.2, 0.25) is 5.95 Å². The van der Waals surface area contributed by atoms with Crippen LogP contribution in [0, 0.1) is 17.2 Å². The van der Waals surface area contributed by atoms with Crippen LogP contribution in [0.15, 0.2) is 35.7 Å². The van der Waals surface area contributed by atoms with Crippen LogP contribution in [0.2, 0.25) is 0 Å². The van der Waals surface area contributed by atoms with E-state index in [1.54, 1.807) is 24.5 Å². The molecule has 1 N–H and O–H groups in total. The molecule has 0 spiro atoms.